The van der Waals surface area contributed by atoms with Crippen LogP contribution in [0, 0.1) is 18.3 Å². The fraction of sp³-hybridized carbons (Fsp3) is 0.118. The molecule has 0 bridgehead atoms. The summed E-state index contributed by atoms with van der Waals surface area (Å²) in [5, 5.41) is 11.3. The molecule has 0 unspecified atom stereocenters. The van der Waals surface area contributed by atoms with Gasteiger partial charge in [0.1, 0.15) is 12.2 Å². The van der Waals surface area contributed by atoms with Crippen LogP contribution in [0.4, 0.5) is 5.69 Å². The molecule has 0 aliphatic heterocycles. The van der Waals surface area contributed by atoms with E-state index in [1.54, 1.807) is 0 Å². The minimum Gasteiger partial charge on any atom is -0.338 e. The highest BCUT2D eigenvalue weighted by molar-refractivity contribution is 5.94. The molecule has 0 aliphatic rings. The Kier molecular flexibility index (Phi) is 3.58. The molecule has 0 saturated heterocycles. The first-order valence-corrected chi connectivity index (χ1v) is 6.90. The number of anilines is 1. The number of para-hydroxylation sites is 2. The van der Waals surface area contributed by atoms with E-state index in [0.717, 1.165) is 28.0 Å². The van der Waals surface area contributed by atoms with Crippen molar-refractivity contribution in [2.45, 2.75) is 13.3 Å². The van der Waals surface area contributed by atoms with Crippen molar-refractivity contribution in [3.8, 4) is 17.5 Å². The van der Waals surface area contributed by atoms with E-state index in [2.05, 4.69) is 15.3 Å². The standard InChI is InChI=1S/C17H14N4O/c1-11-12(5-4-8-13(11)19-16(22)9-10-18)17-20-14-6-2-3-7-15(14)21-17/h2-8H,9H2,1H3,(H,19,22)(H,20,21). The van der Waals surface area contributed by atoms with Gasteiger partial charge in [0.2, 0.25) is 5.91 Å². The van der Waals surface area contributed by atoms with E-state index in [1.165, 1.54) is 0 Å². The smallest absolute Gasteiger partial charge is 0.238 e. The summed E-state index contributed by atoms with van der Waals surface area (Å²) in [6.45, 7) is 1.92. The van der Waals surface area contributed by atoms with Crippen LogP contribution in [0.5, 0.6) is 0 Å². The molecule has 0 radical (unpaired) electrons. The number of carbonyl (C=O) groups is 1. The number of rotatable bonds is 3. The Morgan fingerprint density at radius 3 is 2.86 bits per heavy atom. The normalized spacial score (nSPS) is 10.4. The van der Waals surface area contributed by atoms with Crippen LogP contribution in [0.3, 0.4) is 0 Å². The van der Waals surface area contributed by atoms with Gasteiger partial charge in [-0.25, -0.2) is 4.98 Å². The fourth-order valence-corrected chi connectivity index (χ4v) is 2.37. The summed E-state index contributed by atoms with van der Waals surface area (Å²) in [6, 6.07) is 15.3. The number of nitrogens with zero attached hydrogens (tertiary/aromatic N) is 2. The van der Waals surface area contributed by atoms with Crippen molar-refractivity contribution in [1.29, 1.82) is 5.26 Å². The second-order valence-corrected chi connectivity index (χ2v) is 4.96. The molecule has 1 amide bonds. The number of nitriles is 1. The zero-order valence-electron chi connectivity index (χ0n) is 12.1. The van der Waals surface area contributed by atoms with Gasteiger partial charge in [-0.05, 0) is 30.7 Å². The highest BCUT2D eigenvalue weighted by Crippen LogP contribution is 2.28. The number of H-pyrrole nitrogens is 1. The van der Waals surface area contributed by atoms with Crippen molar-refractivity contribution in [2.75, 3.05) is 5.32 Å². The van der Waals surface area contributed by atoms with E-state index in [4.69, 9.17) is 5.26 Å². The Morgan fingerprint density at radius 1 is 1.27 bits per heavy atom. The lowest BCUT2D eigenvalue weighted by molar-refractivity contribution is -0.115. The zero-order chi connectivity index (χ0) is 15.5. The Morgan fingerprint density at radius 2 is 2.09 bits per heavy atom. The molecule has 108 valence electrons. The molecule has 22 heavy (non-hydrogen) atoms. The molecular formula is C17H14N4O. The monoisotopic (exact) mass is 290 g/mol. The SMILES string of the molecule is Cc1c(NC(=O)CC#N)cccc1-c1nc2ccccc2[nH]1. The summed E-state index contributed by atoms with van der Waals surface area (Å²) in [7, 11) is 0. The second kappa shape index (κ2) is 5.70. The van der Waals surface area contributed by atoms with Crippen LogP contribution in [-0.2, 0) is 4.79 Å². The van der Waals surface area contributed by atoms with E-state index in [1.807, 2.05) is 55.5 Å². The number of aromatic nitrogens is 2. The van der Waals surface area contributed by atoms with E-state index in [-0.39, 0.29) is 12.3 Å². The number of nitrogens with one attached hydrogen (secondary N) is 2. The fourth-order valence-electron chi connectivity index (χ4n) is 2.37. The molecule has 2 aromatic carbocycles. The number of fused-ring (bicyclic) bond motifs is 1. The van der Waals surface area contributed by atoms with Crippen molar-refractivity contribution in [3.05, 3.63) is 48.0 Å². The number of hydrogen-bond donors (Lipinski definition) is 2. The average Bonchev–Trinajstić information content (AvgIpc) is 2.93. The molecule has 1 heterocycles. The maximum absolute atomic E-state index is 11.6. The number of carbonyl (C=O) groups excluding carboxylic acids is 1. The summed E-state index contributed by atoms with van der Waals surface area (Å²) in [6.07, 6.45) is -0.158. The van der Waals surface area contributed by atoms with Gasteiger partial charge in [-0.1, -0.05) is 24.3 Å². The van der Waals surface area contributed by atoms with Gasteiger partial charge in [-0.2, -0.15) is 5.26 Å². The summed E-state index contributed by atoms with van der Waals surface area (Å²) in [4.78, 5) is 19.5. The highest BCUT2D eigenvalue weighted by Gasteiger charge is 2.11. The summed E-state index contributed by atoms with van der Waals surface area (Å²) >= 11 is 0. The van der Waals surface area contributed by atoms with E-state index < -0.39 is 0 Å². The Bertz CT molecular complexity index is 856. The van der Waals surface area contributed by atoms with Crippen LogP contribution in [0.1, 0.15) is 12.0 Å². The van der Waals surface area contributed by atoms with E-state index in [0.29, 0.717) is 5.69 Å². The Hall–Kier alpha value is -3.13. The highest BCUT2D eigenvalue weighted by atomic mass is 16.1. The first-order chi connectivity index (χ1) is 10.7. The summed E-state index contributed by atoms with van der Waals surface area (Å²) in [5.74, 6) is 0.447. The molecule has 0 aliphatic carbocycles. The van der Waals surface area contributed by atoms with Gasteiger partial charge in [-0.3, -0.25) is 4.79 Å². The quantitative estimate of drug-likeness (QED) is 0.775. The van der Waals surface area contributed by atoms with Gasteiger partial charge >= 0.3 is 0 Å². The van der Waals surface area contributed by atoms with Crippen molar-refractivity contribution < 1.29 is 4.79 Å². The van der Waals surface area contributed by atoms with Crippen LogP contribution in [-0.4, -0.2) is 15.9 Å². The molecule has 1 aromatic heterocycles. The molecule has 0 fully saturated rings. The molecule has 0 atom stereocenters. The Balaban J connectivity index is 2.01. The first-order valence-electron chi connectivity index (χ1n) is 6.90. The minimum atomic E-state index is -0.313. The number of aromatic amines is 1. The lowest BCUT2D eigenvalue weighted by Crippen LogP contribution is -2.11. The maximum atomic E-state index is 11.6. The molecule has 0 spiro atoms. The van der Waals surface area contributed by atoms with Crippen molar-refractivity contribution >= 4 is 22.6 Å². The first kappa shape index (κ1) is 13.8. The second-order valence-electron chi connectivity index (χ2n) is 4.96. The number of benzene rings is 2. The average molecular weight is 290 g/mol. The van der Waals surface area contributed by atoms with E-state index >= 15 is 0 Å². The third-order valence-corrected chi connectivity index (χ3v) is 3.49. The van der Waals surface area contributed by atoms with Crippen LogP contribution < -0.4 is 5.32 Å². The van der Waals surface area contributed by atoms with Gasteiger partial charge in [0.05, 0.1) is 17.1 Å². The van der Waals surface area contributed by atoms with Crippen LogP contribution in [0.25, 0.3) is 22.4 Å². The molecule has 0 saturated carbocycles. The van der Waals surface area contributed by atoms with Gasteiger partial charge < -0.3 is 10.3 Å². The zero-order valence-corrected chi connectivity index (χ0v) is 12.1. The van der Waals surface area contributed by atoms with Gasteiger partial charge in [0.15, 0.2) is 0 Å². The number of amides is 1. The van der Waals surface area contributed by atoms with Crippen molar-refractivity contribution in [1.82, 2.24) is 9.97 Å². The van der Waals surface area contributed by atoms with Crippen LogP contribution in [0.2, 0.25) is 0 Å². The summed E-state index contributed by atoms with van der Waals surface area (Å²) in [5.41, 5.74) is 4.39. The third kappa shape index (κ3) is 2.54. The number of imidazole rings is 1. The number of hydrogen-bond acceptors (Lipinski definition) is 3. The minimum absolute atomic E-state index is 0.158. The lowest BCUT2D eigenvalue weighted by Gasteiger charge is -2.10. The van der Waals surface area contributed by atoms with Crippen LogP contribution >= 0.6 is 0 Å². The van der Waals surface area contributed by atoms with Gasteiger partial charge in [0.25, 0.3) is 0 Å². The molecule has 3 rings (SSSR count). The third-order valence-electron chi connectivity index (χ3n) is 3.49. The van der Waals surface area contributed by atoms with Gasteiger partial charge in [-0.15, -0.1) is 0 Å². The van der Waals surface area contributed by atoms with Gasteiger partial charge in [0, 0.05) is 11.3 Å². The molecule has 2 N–H and O–H groups in total. The van der Waals surface area contributed by atoms with Crippen molar-refractivity contribution in [3.63, 3.8) is 0 Å². The molecule has 5 nitrogen and oxygen atoms in total. The summed E-state index contributed by atoms with van der Waals surface area (Å²) < 4.78 is 0. The largest absolute Gasteiger partial charge is 0.338 e. The topological polar surface area (TPSA) is 81.6 Å². The van der Waals surface area contributed by atoms with Crippen LogP contribution in [0.15, 0.2) is 42.5 Å². The maximum Gasteiger partial charge on any atom is 0.238 e. The lowest BCUT2D eigenvalue weighted by atomic mass is 10.1. The molecule has 3 aromatic rings. The Labute approximate surface area is 127 Å². The predicted octanol–water partition coefficient (Wildman–Crippen LogP) is 3.39. The predicted molar refractivity (Wildman–Crippen MR) is 85.1 cm³/mol. The molecular weight excluding hydrogens is 276 g/mol. The van der Waals surface area contributed by atoms with E-state index in [9.17, 15) is 4.79 Å². The van der Waals surface area contributed by atoms with Crippen molar-refractivity contribution in [2.24, 2.45) is 0 Å². The molecule has 5 heteroatoms.